The van der Waals surface area contributed by atoms with Crippen LogP contribution < -0.4 is 4.72 Å². The summed E-state index contributed by atoms with van der Waals surface area (Å²) in [6.07, 6.45) is 2.27. The number of hydrogen-bond donors (Lipinski definition) is 1. The van der Waals surface area contributed by atoms with Gasteiger partial charge < -0.3 is 0 Å². The van der Waals surface area contributed by atoms with Crippen molar-refractivity contribution in [2.75, 3.05) is 4.72 Å². The molecule has 2 aromatic rings. The Balaban J connectivity index is 2.33. The van der Waals surface area contributed by atoms with Crippen LogP contribution in [-0.2, 0) is 10.0 Å². The van der Waals surface area contributed by atoms with E-state index in [4.69, 9.17) is 23.2 Å². The molecule has 1 N–H and O–H groups in total. The summed E-state index contributed by atoms with van der Waals surface area (Å²) in [4.78, 5) is 17.2. The van der Waals surface area contributed by atoms with E-state index in [2.05, 4.69) is 14.7 Å². The number of anilines is 1. The minimum Gasteiger partial charge on any atom is -0.261 e. The Morgan fingerprint density at radius 2 is 2.00 bits per heavy atom. The number of nitrogens with zero attached hydrogens (tertiary/aromatic N) is 3. The fraction of sp³-hybridized carbons (Fsp3) is 0. The van der Waals surface area contributed by atoms with Crippen LogP contribution in [0.3, 0.4) is 0 Å². The van der Waals surface area contributed by atoms with Crippen LogP contribution in [-0.4, -0.2) is 23.3 Å². The molecular formula is C8H4Cl2N4O4S2. The average molecular weight is 355 g/mol. The molecule has 0 fully saturated rings. The van der Waals surface area contributed by atoms with Crippen molar-refractivity contribution in [2.45, 2.75) is 4.21 Å². The highest BCUT2D eigenvalue weighted by Gasteiger charge is 2.25. The van der Waals surface area contributed by atoms with E-state index in [-0.39, 0.29) is 19.5 Å². The number of aromatic nitrogens is 2. The van der Waals surface area contributed by atoms with Gasteiger partial charge in [0.15, 0.2) is 10.2 Å². The van der Waals surface area contributed by atoms with Crippen LogP contribution in [0.25, 0.3) is 0 Å². The van der Waals surface area contributed by atoms with Crippen LogP contribution in [0.2, 0.25) is 9.49 Å². The summed E-state index contributed by atoms with van der Waals surface area (Å²) < 4.78 is 25.6. The molecular weight excluding hydrogens is 351 g/mol. The summed E-state index contributed by atoms with van der Waals surface area (Å²) in [6.45, 7) is 0. The third-order valence-corrected chi connectivity index (χ3v) is 5.33. The molecule has 0 spiro atoms. The molecule has 2 aromatic heterocycles. The summed E-state index contributed by atoms with van der Waals surface area (Å²) in [5, 5.41) is 10.7. The highest BCUT2D eigenvalue weighted by atomic mass is 35.5. The third kappa shape index (κ3) is 3.15. The lowest BCUT2D eigenvalue weighted by Crippen LogP contribution is -2.12. The second kappa shape index (κ2) is 5.48. The quantitative estimate of drug-likeness (QED) is 0.666. The number of nitrogens with one attached hydrogen (secondary N) is 1. The predicted octanol–water partition coefficient (Wildman–Crippen LogP) is 2.55. The fourth-order valence-electron chi connectivity index (χ4n) is 1.15. The minimum atomic E-state index is -4.03. The first-order valence-corrected chi connectivity index (χ1v) is 7.79. The van der Waals surface area contributed by atoms with Crippen LogP contribution in [0.4, 0.5) is 11.5 Å². The first-order chi connectivity index (χ1) is 9.29. The summed E-state index contributed by atoms with van der Waals surface area (Å²) in [5.41, 5.74) is -0.473. The molecule has 0 aromatic carbocycles. The van der Waals surface area contributed by atoms with E-state index in [0.29, 0.717) is 11.3 Å². The molecule has 0 radical (unpaired) electrons. The van der Waals surface area contributed by atoms with Crippen molar-refractivity contribution in [1.29, 1.82) is 0 Å². The lowest BCUT2D eigenvalue weighted by molar-refractivity contribution is -0.384. The number of rotatable bonds is 4. The van der Waals surface area contributed by atoms with Crippen LogP contribution in [0, 0.1) is 10.1 Å². The molecule has 8 nitrogen and oxygen atoms in total. The normalized spacial score (nSPS) is 11.3. The Morgan fingerprint density at radius 3 is 2.50 bits per heavy atom. The first kappa shape index (κ1) is 14.9. The molecule has 20 heavy (non-hydrogen) atoms. The number of halogens is 2. The number of sulfonamides is 1. The van der Waals surface area contributed by atoms with Gasteiger partial charge in [0.25, 0.3) is 15.7 Å². The summed E-state index contributed by atoms with van der Waals surface area (Å²) in [6, 6.07) is 0.874. The van der Waals surface area contributed by atoms with Crippen molar-refractivity contribution < 1.29 is 13.3 Å². The average Bonchev–Trinajstić information content (AvgIpc) is 2.75. The Labute approximate surface area is 126 Å². The molecule has 2 rings (SSSR count). The van der Waals surface area contributed by atoms with E-state index in [1.54, 1.807) is 0 Å². The molecule has 0 unspecified atom stereocenters. The SMILES string of the molecule is O=[N+]([O-])c1cc(S(=O)(=O)Nc2cnc(Cl)cn2)sc1Cl. The molecule has 0 atom stereocenters. The molecule has 106 valence electrons. The fourth-order valence-corrected chi connectivity index (χ4v) is 3.90. The third-order valence-electron chi connectivity index (χ3n) is 1.97. The van der Waals surface area contributed by atoms with E-state index in [1.807, 2.05) is 0 Å². The smallest absolute Gasteiger partial charge is 0.261 e. The maximum atomic E-state index is 12.0. The lowest BCUT2D eigenvalue weighted by Gasteiger charge is -2.03. The van der Waals surface area contributed by atoms with Crippen LogP contribution in [0.15, 0.2) is 22.7 Å². The second-order valence-corrected chi connectivity index (χ2v) is 7.26. The van der Waals surface area contributed by atoms with E-state index < -0.39 is 20.6 Å². The van der Waals surface area contributed by atoms with Gasteiger partial charge in [-0.1, -0.05) is 23.2 Å². The largest absolute Gasteiger partial charge is 0.300 e. The number of hydrogen-bond acceptors (Lipinski definition) is 7. The zero-order valence-electron chi connectivity index (χ0n) is 9.28. The first-order valence-electron chi connectivity index (χ1n) is 4.73. The van der Waals surface area contributed by atoms with Crippen LogP contribution in [0.1, 0.15) is 0 Å². The Kier molecular flexibility index (Phi) is 4.09. The monoisotopic (exact) mass is 354 g/mol. The van der Waals surface area contributed by atoms with Gasteiger partial charge >= 0.3 is 0 Å². The van der Waals surface area contributed by atoms with Crippen molar-refractivity contribution >= 4 is 56.1 Å². The Bertz CT molecular complexity index is 759. The molecule has 12 heteroatoms. The zero-order chi connectivity index (χ0) is 14.9. The van der Waals surface area contributed by atoms with Gasteiger partial charge in [-0.25, -0.2) is 18.4 Å². The standard InChI is InChI=1S/C8H4Cl2N4O4S2/c9-5-2-12-6(3-11-5)13-20(17,18)7-1-4(14(15)16)8(10)19-7/h1-3H,(H,12,13). The maximum absolute atomic E-state index is 12.0. The highest BCUT2D eigenvalue weighted by molar-refractivity contribution is 7.94. The van der Waals surface area contributed by atoms with Crippen molar-refractivity contribution in [2.24, 2.45) is 0 Å². The molecule has 0 aliphatic heterocycles. The van der Waals surface area contributed by atoms with Gasteiger partial charge in [0, 0.05) is 6.07 Å². The topological polar surface area (TPSA) is 115 Å². The van der Waals surface area contributed by atoms with E-state index >= 15 is 0 Å². The second-order valence-electron chi connectivity index (χ2n) is 3.31. The zero-order valence-corrected chi connectivity index (χ0v) is 12.4. The van der Waals surface area contributed by atoms with E-state index in [0.717, 1.165) is 18.5 Å². The lowest BCUT2D eigenvalue weighted by atomic mass is 10.6. The molecule has 0 saturated carbocycles. The van der Waals surface area contributed by atoms with E-state index in [1.165, 1.54) is 0 Å². The minimum absolute atomic E-state index is 0.0680. The Morgan fingerprint density at radius 1 is 1.30 bits per heavy atom. The molecule has 0 amide bonds. The van der Waals surface area contributed by atoms with Gasteiger partial charge in [0.1, 0.15) is 9.36 Å². The predicted molar refractivity (Wildman–Crippen MR) is 73.8 cm³/mol. The number of thiophene rings is 1. The molecule has 0 bridgehead atoms. The van der Waals surface area contributed by atoms with Gasteiger partial charge in [-0.15, -0.1) is 11.3 Å². The van der Waals surface area contributed by atoms with Gasteiger partial charge in [-0.3, -0.25) is 14.8 Å². The Hall–Kier alpha value is -1.49. The van der Waals surface area contributed by atoms with Crippen molar-refractivity contribution in [1.82, 2.24) is 9.97 Å². The molecule has 2 heterocycles. The molecule has 0 saturated heterocycles. The van der Waals surface area contributed by atoms with E-state index in [9.17, 15) is 18.5 Å². The van der Waals surface area contributed by atoms with Gasteiger partial charge in [-0.2, -0.15) is 0 Å². The van der Waals surface area contributed by atoms with Gasteiger partial charge in [-0.05, 0) is 0 Å². The summed E-state index contributed by atoms with van der Waals surface area (Å²) in [7, 11) is -4.03. The van der Waals surface area contributed by atoms with Gasteiger partial charge in [0.2, 0.25) is 0 Å². The summed E-state index contributed by atoms with van der Waals surface area (Å²) >= 11 is 11.7. The van der Waals surface area contributed by atoms with Crippen molar-refractivity contribution in [3.8, 4) is 0 Å². The summed E-state index contributed by atoms with van der Waals surface area (Å²) in [5.74, 6) is -0.0680. The van der Waals surface area contributed by atoms with Crippen molar-refractivity contribution in [3.63, 3.8) is 0 Å². The van der Waals surface area contributed by atoms with Crippen molar-refractivity contribution in [3.05, 3.63) is 38.1 Å². The molecule has 0 aliphatic carbocycles. The molecule has 0 aliphatic rings. The van der Waals surface area contributed by atoms with Gasteiger partial charge in [0.05, 0.1) is 17.3 Å². The maximum Gasteiger partial charge on any atom is 0.300 e. The number of nitro groups is 1. The van der Waals surface area contributed by atoms with Crippen LogP contribution in [0.5, 0.6) is 0 Å². The highest BCUT2D eigenvalue weighted by Crippen LogP contribution is 2.36. The van der Waals surface area contributed by atoms with Crippen LogP contribution >= 0.6 is 34.5 Å².